The van der Waals surface area contributed by atoms with E-state index in [1.165, 1.54) is 14.0 Å². The molecule has 1 unspecified atom stereocenters. The lowest BCUT2D eigenvalue weighted by atomic mass is 10.1. The van der Waals surface area contributed by atoms with E-state index in [-0.39, 0.29) is 0 Å². The van der Waals surface area contributed by atoms with Gasteiger partial charge in [0, 0.05) is 7.05 Å². The molecule has 0 aliphatic rings. The molecule has 6 heteroatoms. The summed E-state index contributed by atoms with van der Waals surface area (Å²) in [5.41, 5.74) is -0.486. The highest BCUT2D eigenvalue weighted by Crippen LogP contribution is 2.13. The Kier molecular flexibility index (Phi) is 3.77. The predicted octanol–water partition coefficient (Wildman–Crippen LogP) is 1.51. The summed E-state index contributed by atoms with van der Waals surface area (Å²) in [7, 11) is 1.21. The van der Waals surface area contributed by atoms with E-state index in [9.17, 15) is 18.4 Å². The normalized spacial score (nSPS) is 12.0. The summed E-state index contributed by atoms with van der Waals surface area (Å²) >= 11 is 0. The number of carboxylic acid groups (broad SMARTS) is 1. The molecular weight excluding hydrogens is 232 g/mol. The summed E-state index contributed by atoms with van der Waals surface area (Å²) in [4.78, 5) is 23.2. The Labute approximate surface area is 96.5 Å². The van der Waals surface area contributed by atoms with Crippen molar-refractivity contribution in [1.29, 1.82) is 0 Å². The van der Waals surface area contributed by atoms with Gasteiger partial charge in [-0.05, 0) is 25.1 Å². The Morgan fingerprint density at radius 2 is 1.94 bits per heavy atom. The van der Waals surface area contributed by atoms with Crippen LogP contribution in [0.25, 0.3) is 0 Å². The molecule has 1 amide bonds. The van der Waals surface area contributed by atoms with Crippen LogP contribution in [0, 0.1) is 11.6 Å². The molecular formula is C11H11F2NO3. The zero-order valence-electron chi connectivity index (χ0n) is 9.28. The highest BCUT2D eigenvalue weighted by molar-refractivity contribution is 5.96. The van der Waals surface area contributed by atoms with Crippen molar-refractivity contribution < 1.29 is 23.5 Å². The number of likely N-dealkylation sites (N-methyl/N-ethyl adjacent to an activating group) is 1. The lowest BCUT2D eigenvalue weighted by Crippen LogP contribution is -2.40. The van der Waals surface area contributed by atoms with Crippen LogP contribution in [0.3, 0.4) is 0 Å². The van der Waals surface area contributed by atoms with Gasteiger partial charge < -0.3 is 10.0 Å². The first-order chi connectivity index (χ1) is 7.84. The van der Waals surface area contributed by atoms with Crippen molar-refractivity contribution in [3.63, 3.8) is 0 Å². The first-order valence-electron chi connectivity index (χ1n) is 4.79. The molecule has 0 heterocycles. The topological polar surface area (TPSA) is 57.6 Å². The molecule has 1 aromatic carbocycles. The maximum absolute atomic E-state index is 13.3. The lowest BCUT2D eigenvalue weighted by Gasteiger charge is -2.21. The molecule has 1 N–H and O–H groups in total. The standard InChI is InChI=1S/C11H11F2NO3/c1-6(11(16)17)14(2)10(15)8-5-7(12)3-4-9(8)13/h3-6H,1-2H3,(H,16,17). The average molecular weight is 243 g/mol. The number of nitrogens with zero attached hydrogens (tertiary/aromatic N) is 1. The maximum atomic E-state index is 13.3. The van der Waals surface area contributed by atoms with Gasteiger partial charge in [0.1, 0.15) is 17.7 Å². The molecule has 0 spiro atoms. The summed E-state index contributed by atoms with van der Waals surface area (Å²) in [5.74, 6) is -3.75. The smallest absolute Gasteiger partial charge is 0.326 e. The predicted molar refractivity (Wildman–Crippen MR) is 55.5 cm³/mol. The van der Waals surface area contributed by atoms with Crippen LogP contribution >= 0.6 is 0 Å². The minimum absolute atomic E-state index is 0.486. The molecule has 1 atom stereocenters. The van der Waals surface area contributed by atoms with Crippen LogP contribution in [0.15, 0.2) is 18.2 Å². The van der Waals surface area contributed by atoms with Gasteiger partial charge in [-0.2, -0.15) is 0 Å². The van der Waals surface area contributed by atoms with Crippen LogP contribution in [0.2, 0.25) is 0 Å². The van der Waals surface area contributed by atoms with E-state index in [2.05, 4.69) is 0 Å². The van der Waals surface area contributed by atoms with Gasteiger partial charge in [-0.3, -0.25) is 4.79 Å². The van der Waals surface area contributed by atoms with Crippen molar-refractivity contribution in [2.24, 2.45) is 0 Å². The van der Waals surface area contributed by atoms with E-state index < -0.39 is 35.1 Å². The summed E-state index contributed by atoms with van der Waals surface area (Å²) in [5, 5.41) is 8.71. The monoisotopic (exact) mass is 243 g/mol. The van der Waals surface area contributed by atoms with E-state index in [0.717, 1.165) is 23.1 Å². The second-order valence-corrected chi connectivity index (χ2v) is 3.55. The lowest BCUT2D eigenvalue weighted by molar-refractivity contribution is -0.141. The number of halogens is 2. The van der Waals surface area contributed by atoms with Gasteiger partial charge in [0.15, 0.2) is 0 Å². The van der Waals surface area contributed by atoms with Gasteiger partial charge in [0.25, 0.3) is 5.91 Å². The molecule has 1 aromatic rings. The fourth-order valence-corrected chi connectivity index (χ4v) is 1.19. The molecule has 0 aliphatic carbocycles. The largest absolute Gasteiger partial charge is 0.480 e. The number of hydrogen-bond donors (Lipinski definition) is 1. The fraction of sp³-hybridized carbons (Fsp3) is 0.273. The van der Waals surface area contributed by atoms with Gasteiger partial charge in [-0.1, -0.05) is 0 Å². The minimum Gasteiger partial charge on any atom is -0.480 e. The van der Waals surface area contributed by atoms with E-state index in [4.69, 9.17) is 5.11 Å². The van der Waals surface area contributed by atoms with Gasteiger partial charge in [-0.15, -0.1) is 0 Å². The zero-order chi connectivity index (χ0) is 13.2. The Bertz CT molecular complexity index is 462. The van der Waals surface area contributed by atoms with E-state index in [0.29, 0.717) is 0 Å². The molecule has 0 bridgehead atoms. The number of rotatable bonds is 3. The summed E-state index contributed by atoms with van der Waals surface area (Å²) < 4.78 is 26.2. The van der Waals surface area contributed by atoms with Crippen molar-refractivity contribution in [1.82, 2.24) is 4.90 Å². The summed E-state index contributed by atoms with van der Waals surface area (Å²) in [6, 6.07) is 1.32. The molecule has 1 rings (SSSR count). The van der Waals surface area contributed by atoms with Crippen molar-refractivity contribution in [3.05, 3.63) is 35.4 Å². The molecule has 0 saturated carbocycles. The second-order valence-electron chi connectivity index (χ2n) is 3.55. The molecule has 17 heavy (non-hydrogen) atoms. The van der Waals surface area contributed by atoms with Gasteiger partial charge in [-0.25, -0.2) is 13.6 Å². The number of benzene rings is 1. The highest BCUT2D eigenvalue weighted by Gasteiger charge is 2.24. The minimum atomic E-state index is -1.22. The second kappa shape index (κ2) is 4.90. The quantitative estimate of drug-likeness (QED) is 0.875. The van der Waals surface area contributed by atoms with Crippen LogP contribution in [0.1, 0.15) is 17.3 Å². The Morgan fingerprint density at radius 3 is 2.47 bits per heavy atom. The van der Waals surface area contributed by atoms with Gasteiger partial charge >= 0.3 is 5.97 Å². The van der Waals surface area contributed by atoms with E-state index in [1.54, 1.807) is 0 Å². The van der Waals surface area contributed by atoms with Crippen LogP contribution < -0.4 is 0 Å². The van der Waals surface area contributed by atoms with Crippen LogP contribution in [-0.2, 0) is 4.79 Å². The van der Waals surface area contributed by atoms with Gasteiger partial charge in [0.2, 0.25) is 0 Å². The number of carbonyl (C=O) groups excluding carboxylic acids is 1. The Balaban J connectivity index is 3.04. The number of amides is 1. The maximum Gasteiger partial charge on any atom is 0.326 e. The zero-order valence-corrected chi connectivity index (χ0v) is 9.28. The molecule has 4 nitrogen and oxygen atoms in total. The third-order valence-corrected chi connectivity index (χ3v) is 2.42. The first-order valence-corrected chi connectivity index (χ1v) is 4.79. The van der Waals surface area contributed by atoms with Crippen LogP contribution in [0.4, 0.5) is 8.78 Å². The van der Waals surface area contributed by atoms with Crippen LogP contribution in [0.5, 0.6) is 0 Å². The fourth-order valence-electron chi connectivity index (χ4n) is 1.19. The van der Waals surface area contributed by atoms with E-state index >= 15 is 0 Å². The van der Waals surface area contributed by atoms with Crippen molar-refractivity contribution in [2.45, 2.75) is 13.0 Å². The Hall–Kier alpha value is -1.98. The third-order valence-electron chi connectivity index (χ3n) is 2.42. The number of aliphatic carboxylic acids is 1. The van der Waals surface area contributed by atoms with Gasteiger partial charge in [0.05, 0.1) is 5.56 Å². The number of carbonyl (C=O) groups is 2. The van der Waals surface area contributed by atoms with Crippen molar-refractivity contribution in [2.75, 3.05) is 7.05 Å². The number of hydrogen-bond acceptors (Lipinski definition) is 2. The molecule has 0 fully saturated rings. The van der Waals surface area contributed by atoms with Crippen molar-refractivity contribution >= 4 is 11.9 Å². The molecule has 0 aliphatic heterocycles. The van der Waals surface area contributed by atoms with Crippen LogP contribution in [-0.4, -0.2) is 35.0 Å². The highest BCUT2D eigenvalue weighted by atomic mass is 19.1. The SMILES string of the molecule is CC(C(=O)O)N(C)C(=O)c1cc(F)ccc1F. The Morgan fingerprint density at radius 1 is 1.35 bits per heavy atom. The summed E-state index contributed by atoms with van der Waals surface area (Å²) in [6.45, 7) is 1.28. The molecule has 0 aromatic heterocycles. The molecule has 92 valence electrons. The third kappa shape index (κ3) is 2.77. The van der Waals surface area contributed by atoms with Crippen molar-refractivity contribution in [3.8, 4) is 0 Å². The summed E-state index contributed by atoms with van der Waals surface area (Å²) in [6.07, 6.45) is 0. The first kappa shape index (κ1) is 13.1. The molecule has 0 radical (unpaired) electrons. The molecule has 0 saturated heterocycles. The van der Waals surface area contributed by atoms with E-state index in [1.807, 2.05) is 0 Å². The average Bonchev–Trinajstić information content (AvgIpc) is 2.29. The number of carboxylic acids is 1.